The lowest BCUT2D eigenvalue weighted by Gasteiger charge is -2.21. The zero-order valence-corrected chi connectivity index (χ0v) is 16.1. The van der Waals surface area contributed by atoms with Crippen LogP contribution < -0.4 is 5.32 Å². The molecule has 0 aliphatic heterocycles. The summed E-state index contributed by atoms with van der Waals surface area (Å²) in [5.41, 5.74) is 3.19. The molecule has 1 aromatic rings. The van der Waals surface area contributed by atoms with Gasteiger partial charge < -0.3 is 5.32 Å². The number of hydrogen-bond acceptors (Lipinski definition) is 2. The topological polar surface area (TPSA) is 29.9 Å². The van der Waals surface area contributed by atoms with E-state index in [2.05, 4.69) is 67.9 Å². The molecule has 0 bridgehead atoms. The molecule has 1 aliphatic carbocycles. The highest BCUT2D eigenvalue weighted by Gasteiger charge is 2.66. The Kier molecular flexibility index (Phi) is 4.61. The number of rotatable bonds is 6. The van der Waals surface area contributed by atoms with Gasteiger partial charge in [0.1, 0.15) is 0 Å². The Morgan fingerprint density at radius 2 is 1.86 bits per heavy atom. The lowest BCUT2D eigenvalue weighted by atomic mass is 9.99. The van der Waals surface area contributed by atoms with Crippen molar-refractivity contribution in [2.75, 3.05) is 6.54 Å². The molecule has 3 nitrogen and oxygen atoms in total. The van der Waals surface area contributed by atoms with Crippen molar-refractivity contribution in [3.8, 4) is 0 Å². The van der Waals surface area contributed by atoms with Crippen molar-refractivity contribution in [2.24, 2.45) is 23.8 Å². The van der Waals surface area contributed by atoms with E-state index in [1.807, 2.05) is 11.7 Å². The molecule has 1 saturated carbocycles. The van der Waals surface area contributed by atoms with E-state index in [1.54, 1.807) is 0 Å². The van der Waals surface area contributed by atoms with Crippen molar-refractivity contribution in [2.45, 2.75) is 60.4 Å². The van der Waals surface area contributed by atoms with Gasteiger partial charge >= 0.3 is 0 Å². The van der Waals surface area contributed by atoms with E-state index in [0.29, 0.717) is 22.8 Å². The zero-order valence-electron chi connectivity index (χ0n) is 14.5. The van der Waals surface area contributed by atoms with Crippen LogP contribution in [0.5, 0.6) is 0 Å². The van der Waals surface area contributed by atoms with Crippen molar-refractivity contribution in [1.29, 1.82) is 0 Å². The summed E-state index contributed by atoms with van der Waals surface area (Å²) in [6.07, 6.45) is 2.21. The van der Waals surface area contributed by atoms with Crippen LogP contribution in [-0.4, -0.2) is 22.4 Å². The highest BCUT2D eigenvalue weighted by Crippen LogP contribution is 2.69. The summed E-state index contributed by atoms with van der Waals surface area (Å²) in [6, 6.07) is 0.515. The van der Waals surface area contributed by atoms with Crippen LogP contribution in [0.3, 0.4) is 0 Å². The molecule has 4 heteroatoms. The van der Waals surface area contributed by atoms with Gasteiger partial charge in [-0.3, -0.25) is 4.68 Å². The van der Waals surface area contributed by atoms with Crippen LogP contribution in [0.4, 0.5) is 0 Å². The fraction of sp³-hybridized carbons (Fsp3) is 0.824. The first-order valence-electron chi connectivity index (χ1n) is 8.06. The van der Waals surface area contributed by atoms with Gasteiger partial charge in [-0.15, -0.1) is 0 Å². The van der Waals surface area contributed by atoms with E-state index in [4.69, 9.17) is 0 Å². The van der Waals surface area contributed by atoms with Gasteiger partial charge in [-0.05, 0) is 52.6 Å². The molecule has 1 heterocycles. The number of aryl methyl sites for hydroxylation is 2. The minimum absolute atomic E-state index is 0.401. The predicted molar refractivity (Wildman–Crippen MR) is 92.5 cm³/mol. The highest BCUT2D eigenvalue weighted by molar-refractivity contribution is 9.10. The monoisotopic (exact) mass is 355 g/mol. The molecule has 1 atom stereocenters. The molecule has 1 aliphatic rings. The summed E-state index contributed by atoms with van der Waals surface area (Å²) in [5, 5.41) is 8.33. The fourth-order valence-corrected chi connectivity index (χ4v) is 4.50. The molecular weight excluding hydrogens is 326 g/mol. The highest BCUT2D eigenvalue weighted by atomic mass is 79.9. The van der Waals surface area contributed by atoms with E-state index < -0.39 is 0 Å². The van der Waals surface area contributed by atoms with Gasteiger partial charge in [0.2, 0.25) is 0 Å². The Labute approximate surface area is 138 Å². The molecule has 0 aromatic carbocycles. The van der Waals surface area contributed by atoms with Gasteiger partial charge in [0.15, 0.2) is 0 Å². The van der Waals surface area contributed by atoms with E-state index in [-0.39, 0.29) is 0 Å². The largest absolute Gasteiger partial charge is 0.313 e. The summed E-state index contributed by atoms with van der Waals surface area (Å²) in [7, 11) is 2.05. The minimum Gasteiger partial charge on any atom is -0.313 e. The molecule has 1 aromatic heterocycles. The maximum atomic E-state index is 4.54. The third kappa shape index (κ3) is 2.81. The summed E-state index contributed by atoms with van der Waals surface area (Å²) >= 11 is 3.71. The number of nitrogens with one attached hydrogen (secondary N) is 1. The molecule has 2 rings (SSSR count). The normalized spacial score (nSPS) is 21.5. The van der Waals surface area contributed by atoms with Gasteiger partial charge in [-0.1, -0.05) is 34.6 Å². The molecule has 0 radical (unpaired) electrons. The Morgan fingerprint density at radius 1 is 1.29 bits per heavy atom. The third-order valence-electron chi connectivity index (χ3n) is 5.87. The van der Waals surface area contributed by atoms with Crippen LogP contribution in [0.15, 0.2) is 4.47 Å². The van der Waals surface area contributed by atoms with E-state index in [9.17, 15) is 0 Å². The van der Waals surface area contributed by atoms with Crippen LogP contribution in [0, 0.1) is 23.7 Å². The summed E-state index contributed by atoms with van der Waals surface area (Å²) in [6.45, 7) is 15.0. The molecule has 120 valence electrons. The van der Waals surface area contributed by atoms with Crippen molar-refractivity contribution >= 4 is 15.9 Å². The van der Waals surface area contributed by atoms with Gasteiger partial charge in [0, 0.05) is 19.5 Å². The minimum atomic E-state index is 0.401. The maximum absolute atomic E-state index is 4.54. The summed E-state index contributed by atoms with van der Waals surface area (Å²) in [5.74, 6) is 0.707. The molecule has 1 fully saturated rings. The van der Waals surface area contributed by atoms with E-state index in [1.165, 1.54) is 16.6 Å². The first-order valence-corrected chi connectivity index (χ1v) is 8.85. The van der Waals surface area contributed by atoms with Gasteiger partial charge in [-0.2, -0.15) is 5.10 Å². The Balaban J connectivity index is 2.22. The molecule has 1 unspecified atom stereocenters. The quantitative estimate of drug-likeness (QED) is 0.832. The summed E-state index contributed by atoms with van der Waals surface area (Å²) in [4.78, 5) is 0. The molecule has 0 spiro atoms. The van der Waals surface area contributed by atoms with Crippen molar-refractivity contribution in [3.63, 3.8) is 0 Å². The predicted octanol–water partition coefficient (Wildman–Crippen LogP) is 4.08. The average molecular weight is 356 g/mol. The SMILES string of the molecule is CCCNC(Cc1c(Br)c(C)nn1C)C1C(C)(C)C1(C)C. The standard InChI is InChI=1S/C17H30BrN3/c1-8-9-19-12(15-16(3,4)17(15,5)6)10-13-14(18)11(2)20-21(13)7/h12,15,19H,8-10H2,1-7H3. The van der Waals surface area contributed by atoms with Crippen LogP contribution >= 0.6 is 15.9 Å². The van der Waals surface area contributed by atoms with Crippen LogP contribution in [0.25, 0.3) is 0 Å². The first kappa shape index (κ1) is 17.0. The van der Waals surface area contributed by atoms with Gasteiger partial charge in [0.25, 0.3) is 0 Å². The van der Waals surface area contributed by atoms with Crippen molar-refractivity contribution in [3.05, 3.63) is 15.9 Å². The zero-order chi connectivity index (χ0) is 16.0. The van der Waals surface area contributed by atoms with Crippen molar-refractivity contribution in [1.82, 2.24) is 15.1 Å². The van der Waals surface area contributed by atoms with E-state index in [0.717, 1.165) is 18.7 Å². The molecule has 0 amide bonds. The molecular formula is C17H30BrN3. The number of nitrogens with zero attached hydrogens (tertiary/aromatic N) is 2. The van der Waals surface area contributed by atoms with Crippen LogP contribution in [0.2, 0.25) is 0 Å². The Morgan fingerprint density at radius 3 is 2.24 bits per heavy atom. The number of hydrogen-bond donors (Lipinski definition) is 1. The Hall–Kier alpha value is -0.350. The first-order chi connectivity index (χ1) is 9.64. The van der Waals surface area contributed by atoms with Crippen molar-refractivity contribution < 1.29 is 0 Å². The molecule has 1 N–H and O–H groups in total. The number of halogens is 1. The van der Waals surface area contributed by atoms with Gasteiger partial charge in [0.05, 0.1) is 15.9 Å². The lowest BCUT2D eigenvalue weighted by molar-refractivity contribution is 0.388. The second-order valence-corrected chi connectivity index (χ2v) is 8.45. The summed E-state index contributed by atoms with van der Waals surface area (Å²) < 4.78 is 3.20. The molecule has 21 heavy (non-hydrogen) atoms. The Bertz CT molecular complexity index is 502. The number of aromatic nitrogens is 2. The molecule has 0 saturated heterocycles. The van der Waals surface area contributed by atoms with Gasteiger partial charge in [-0.25, -0.2) is 0 Å². The maximum Gasteiger partial charge on any atom is 0.0738 e. The average Bonchev–Trinajstić information content (AvgIpc) is 2.65. The lowest BCUT2D eigenvalue weighted by Crippen LogP contribution is -2.36. The smallest absolute Gasteiger partial charge is 0.0738 e. The third-order valence-corrected chi connectivity index (χ3v) is 6.90. The van der Waals surface area contributed by atoms with E-state index >= 15 is 0 Å². The van der Waals surface area contributed by atoms with Crippen LogP contribution in [-0.2, 0) is 13.5 Å². The van der Waals surface area contributed by atoms with Crippen LogP contribution in [0.1, 0.15) is 52.4 Å². The second kappa shape index (κ2) is 5.69. The second-order valence-electron chi connectivity index (χ2n) is 7.66. The fourth-order valence-electron chi connectivity index (χ4n) is 4.00.